The van der Waals surface area contributed by atoms with Crippen LogP contribution < -0.4 is 21.1 Å². The van der Waals surface area contributed by atoms with Gasteiger partial charge in [0.15, 0.2) is 17.7 Å². The van der Waals surface area contributed by atoms with E-state index >= 15 is 0 Å². The van der Waals surface area contributed by atoms with Crippen molar-refractivity contribution >= 4 is 42.9 Å². The third-order valence-electron chi connectivity index (χ3n) is 6.78. The highest BCUT2D eigenvalue weighted by Gasteiger charge is 2.54. The molecular weight excluding hydrogens is 601 g/mol. The smallest absolute Gasteiger partial charge is 0.459 e. The van der Waals surface area contributed by atoms with Gasteiger partial charge in [-0.1, -0.05) is 18.2 Å². The zero-order valence-electron chi connectivity index (χ0n) is 24.3. The Morgan fingerprint density at radius 1 is 1.30 bits per heavy atom. The lowest BCUT2D eigenvalue weighted by molar-refractivity contribution is -0.137. The number of rotatable bonds is 15. The van der Waals surface area contributed by atoms with E-state index in [4.69, 9.17) is 35.1 Å². The number of imidazole rings is 1. The van der Waals surface area contributed by atoms with Gasteiger partial charge >= 0.3 is 13.7 Å². The van der Waals surface area contributed by atoms with E-state index in [1.54, 1.807) is 32.0 Å². The number of aromatic nitrogens is 4. The van der Waals surface area contributed by atoms with Crippen LogP contribution in [0.15, 0.2) is 30.6 Å². The second kappa shape index (κ2) is 13.5. The monoisotopic (exact) mass is 637 g/mol. The molecule has 0 unspecified atom stereocenters. The third kappa shape index (κ3) is 7.50. The normalized spacial score (nSPS) is 23.9. The van der Waals surface area contributed by atoms with Gasteiger partial charge in [-0.2, -0.15) is 15.1 Å². The summed E-state index contributed by atoms with van der Waals surface area (Å²) in [6, 6.07) is 5.19. The zero-order chi connectivity index (χ0) is 32.2. The van der Waals surface area contributed by atoms with Crippen LogP contribution in [0.4, 0.5) is 11.8 Å². The lowest BCUT2D eigenvalue weighted by Gasteiger charge is -2.27. The van der Waals surface area contributed by atoms with Gasteiger partial charge in [0.1, 0.15) is 35.4 Å². The Morgan fingerprint density at radius 3 is 2.70 bits per heavy atom. The third-order valence-corrected chi connectivity index (χ3v) is 8.35. The number of aliphatic hydroxyl groups excluding tert-OH is 1. The number of nitrogen functional groups attached to an aromatic ring is 2. The molecule has 1 aromatic carbocycles. The number of hydrogen-bond donors (Lipinski definition) is 6. The second-order valence-corrected chi connectivity index (χ2v) is 12.3. The fourth-order valence-electron chi connectivity index (χ4n) is 4.54. The molecule has 2 aromatic heterocycles. The quantitative estimate of drug-likeness (QED) is 0.0995. The Labute approximate surface area is 252 Å². The molecule has 6 atom stereocenters. The Balaban J connectivity index is 1.59. The molecule has 3 aromatic rings. The molecule has 1 saturated heterocycles. The number of anilines is 2. The fourth-order valence-corrected chi connectivity index (χ4v) is 6.05. The molecule has 0 amide bonds. The molecule has 44 heavy (non-hydrogen) atoms. The van der Waals surface area contributed by atoms with Crippen LogP contribution in [0.3, 0.4) is 0 Å². The topological polar surface area (TPSA) is 256 Å². The van der Waals surface area contributed by atoms with E-state index in [1.807, 2.05) is 0 Å². The summed E-state index contributed by atoms with van der Waals surface area (Å²) in [4.78, 5) is 35.1. The van der Waals surface area contributed by atoms with Crippen molar-refractivity contribution in [3.8, 4) is 5.75 Å². The number of nitrogens with two attached hydrogens (primary N) is 2. The average Bonchev–Trinajstić information content (AvgIpc) is 3.47. The first-order valence-corrected chi connectivity index (χ1v) is 15.2. The predicted octanol–water partition coefficient (Wildman–Crippen LogP) is 0.803. The van der Waals surface area contributed by atoms with Gasteiger partial charge in [-0.05, 0) is 38.8 Å². The van der Waals surface area contributed by atoms with Crippen molar-refractivity contribution in [3.63, 3.8) is 0 Å². The van der Waals surface area contributed by atoms with E-state index in [1.165, 1.54) is 23.9 Å². The predicted molar refractivity (Wildman–Crippen MR) is 155 cm³/mol. The first-order chi connectivity index (χ1) is 20.7. The number of benzene rings is 1. The fraction of sp³-hybridized carbons (Fsp3) is 0.500. The number of aliphatic carboxylic acids is 1. The minimum absolute atomic E-state index is 0.00305. The molecule has 0 bridgehead atoms. The highest BCUT2D eigenvalue weighted by atomic mass is 31.2. The number of ether oxygens (including phenoxy) is 2. The van der Waals surface area contributed by atoms with Crippen molar-refractivity contribution in [1.29, 1.82) is 0 Å². The number of fused-ring (bicyclic) bond motifs is 1. The van der Waals surface area contributed by atoms with Crippen LogP contribution in [0.25, 0.3) is 11.2 Å². The maximum Gasteiger partial charge on any atom is 0.459 e. The van der Waals surface area contributed by atoms with Crippen molar-refractivity contribution in [3.05, 3.63) is 36.2 Å². The van der Waals surface area contributed by atoms with Crippen molar-refractivity contribution < 1.29 is 48.0 Å². The Morgan fingerprint density at radius 2 is 2.02 bits per heavy atom. The average molecular weight is 638 g/mol. The number of carbonyl (C=O) groups excluding carboxylic acids is 1. The maximum absolute atomic E-state index is 14.1. The summed E-state index contributed by atoms with van der Waals surface area (Å²) in [6.07, 6.45) is -2.76. The zero-order valence-corrected chi connectivity index (χ0v) is 25.2. The maximum atomic E-state index is 14.1. The molecule has 18 heteroatoms. The van der Waals surface area contributed by atoms with Crippen molar-refractivity contribution in [1.82, 2.24) is 24.6 Å². The number of hydrogen-bond acceptors (Lipinski definition) is 14. The number of aliphatic hydroxyl groups is 2. The van der Waals surface area contributed by atoms with Crippen molar-refractivity contribution in [2.24, 2.45) is 0 Å². The highest BCUT2D eigenvalue weighted by molar-refractivity contribution is 7.52. The lowest BCUT2D eigenvalue weighted by atomic mass is 9.96. The minimum Gasteiger partial charge on any atom is -0.481 e. The van der Waals surface area contributed by atoms with Gasteiger partial charge in [-0.25, -0.2) is 9.55 Å². The summed E-state index contributed by atoms with van der Waals surface area (Å²) < 4.78 is 38.4. The molecule has 0 saturated carbocycles. The van der Waals surface area contributed by atoms with Crippen molar-refractivity contribution in [2.45, 2.75) is 69.8 Å². The minimum atomic E-state index is -4.46. The molecule has 17 nitrogen and oxygen atoms in total. The summed E-state index contributed by atoms with van der Waals surface area (Å²) in [7, 11) is -4.46. The van der Waals surface area contributed by atoms with Crippen LogP contribution in [0, 0.1) is 0 Å². The van der Waals surface area contributed by atoms with E-state index in [9.17, 15) is 24.4 Å². The summed E-state index contributed by atoms with van der Waals surface area (Å²) >= 11 is 0. The van der Waals surface area contributed by atoms with E-state index < -0.39 is 50.4 Å². The number of carboxylic acid groups (broad SMARTS) is 1. The molecule has 0 spiro atoms. The molecule has 0 aliphatic carbocycles. The highest BCUT2D eigenvalue weighted by Crippen LogP contribution is 2.48. The molecule has 8 N–H and O–H groups in total. The van der Waals surface area contributed by atoms with Crippen LogP contribution in [-0.2, 0) is 34.6 Å². The summed E-state index contributed by atoms with van der Waals surface area (Å²) in [5.74, 6) is -1.13. The van der Waals surface area contributed by atoms with Gasteiger partial charge in [-0.15, -0.1) is 0 Å². The summed E-state index contributed by atoms with van der Waals surface area (Å²) in [6.45, 7) is 4.08. The first-order valence-electron chi connectivity index (χ1n) is 13.6. The van der Waals surface area contributed by atoms with Gasteiger partial charge in [0, 0.05) is 6.42 Å². The molecular formula is C26H36N7O10P. The first kappa shape index (κ1) is 33.2. The van der Waals surface area contributed by atoms with Crippen LogP contribution in [0.1, 0.15) is 39.0 Å². The standard InChI is InChI=1S/C26H36N7O10P/c1-14(2)40-11-16(10-34)32-44(39,43-17-7-5-4-6-15(17)8-9-19(35)36)41-12-18-21(37)26(3,38)24(42-18)33-13-29-20-22(27)30-25(28)31-23(20)33/h4-7,10,13-14,16,18,21,24,37-38H,8-9,11-12H2,1-3H3,(H,32,39)(H,35,36)(H4,27,28,30,31)/t16-,18-,21-,24-,26-,44+/m1/s1. The number of para-hydroxylation sites is 1. The molecule has 3 heterocycles. The number of nitrogens with zero attached hydrogens (tertiary/aromatic N) is 4. The second-order valence-electron chi connectivity index (χ2n) is 10.6. The number of aldehydes is 1. The van der Waals surface area contributed by atoms with E-state index in [2.05, 4.69) is 20.0 Å². The number of carbonyl (C=O) groups is 2. The summed E-state index contributed by atoms with van der Waals surface area (Å²) in [5, 5.41) is 34.0. The van der Waals surface area contributed by atoms with E-state index in [-0.39, 0.29) is 54.2 Å². The van der Waals surface area contributed by atoms with Crippen molar-refractivity contribution in [2.75, 3.05) is 24.7 Å². The molecule has 240 valence electrons. The van der Waals surface area contributed by atoms with Gasteiger partial charge in [0.2, 0.25) is 5.95 Å². The Kier molecular flexibility index (Phi) is 10.2. The van der Waals surface area contributed by atoms with Gasteiger partial charge in [0.05, 0.1) is 31.7 Å². The van der Waals surface area contributed by atoms with E-state index in [0.29, 0.717) is 11.8 Å². The van der Waals surface area contributed by atoms with Crippen LogP contribution in [0.5, 0.6) is 5.75 Å². The van der Waals surface area contributed by atoms with Gasteiger partial charge < -0.3 is 45.6 Å². The number of aryl methyl sites for hydroxylation is 1. The van der Waals surface area contributed by atoms with Gasteiger partial charge in [-0.3, -0.25) is 13.9 Å². The molecule has 1 fully saturated rings. The number of nitrogens with one attached hydrogen (secondary N) is 1. The molecule has 1 aliphatic heterocycles. The lowest BCUT2D eigenvalue weighted by Crippen LogP contribution is -2.44. The summed E-state index contributed by atoms with van der Waals surface area (Å²) in [5.41, 5.74) is 10.4. The molecule has 0 radical (unpaired) electrons. The van der Waals surface area contributed by atoms with Crippen LogP contribution in [0.2, 0.25) is 0 Å². The Hall–Kier alpha value is -3.70. The largest absolute Gasteiger partial charge is 0.481 e. The van der Waals surface area contributed by atoms with E-state index in [0.717, 1.165) is 0 Å². The SMILES string of the molecule is CC(C)OC[C@@H](C=O)N[P@](=O)(OC[C@H]1O[C@@H](n2cnc3c(N)nc(N)nc32)[C@](C)(O)[C@@H]1O)Oc1ccccc1CCC(=O)O. The Bertz CT molecular complexity index is 1530. The van der Waals surface area contributed by atoms with Gasteiger partial charge in [0.25, 0.3) is 0 Å². The number of carboxylic acids is 1. The molecule has 1 aliphatic rings. The van der Waals surface area contributed by atoms with Crippen LogP contribution >= 0.6 is 7.75 Å². The molecule has 4 rings (SSSR count). The van der Waals surface area contributed by atoms with Crippen LogP contribution in [-0.4, -0.2) is 90.3 Å².